The molecule has 0 aliphatic carbocycles. The molecule has 0 spiro atoms. The minimum atomic E-state index is 0.206. The summed E-state index contributed by atoms with van der Waals surface area (Å²) in [6.45, 7) is 6.16. The third-order valence-electron chi connectivity index (χ3n) is 4.60. The molecular weight excluding hydrogens is 308 g/mol. The van der Waals surface area contributed by atoms with Gasteiger partial charge in [-0.15, -0.1) is 0 Å². The van der Waals surface area contributed by atoms with Gasteiger partial charge in [0.05, 0.1) is 24.9 Å². The summed E-state index contributed by atoms with van der Waals surface area (Å²) in [6, 6.07) is 2.01. The maximum atomic E-state index is 5.70. The van der Waals surface area contributed by atoms with Crippen molar-refractivity contribution in [2.75, 3.05) is 33.9 Å². The molecule has 1 saturated heterocycles. The van der Waals surface area contributed by atoms with Crippen molar-refractivity contribution in [1.29, 1.82) is 0 Å². The molecule has 2 atom stereocenters. The van der Waals surface area contributed by atoms with E-state index in [1.165, 1.54) is 0 Å². The minimum Gasteiger partial charge on any atom is -0.383 e. The van der Waals surface area contributed by atoms with E-state index >= 15 is 0 Å². The van der Waals surface area contributed by atoms with E-state index in [2.05, 4.69) is 19.6 Å². The van der Waals surface area contributed by atoms with Gasteiger partial charge in [0.1, 0.15) is 11.6 Å². The third-order valence-corrected chi connectivity index (χ3v) is 4.60. The van der Waals surface area contributed by atoms with Gasteiger partial charge < -0.3 is 18.6 Å². The summed E-state index contributed by atoms with van der Waals surface area (Å²) >= 11 is 0. The molecule has 3 rings (SSSR count). The highest BCUT2D eigenvalue weighted by Crippen LogP contribution is 2.25. The van der Waals surface area contributed by atoms with E-state index in [-0.39, 0.29) is 6.10 Å². The number of imidazole rings is 1. The second-order valence-electron chi connectivity index (χ2n) is 6.40. The lowest BCUT2D eigenvalue weighted by molar-refractivity contribution is 0.0759. The van der Waals surface area contributed by atoms with E-state index in [4.69, 9.17) is 14.0 Å². The molecule has 0 saturated carbocycles. The standard InChI is InChI=1S/C17H26N4O3/c1-13-8-15(24-19-13)9-14-10-20(11-16(14)23-3)12-17-18-4-5-21(17)6-7-22-2/h4-5,8,14,16H,6-7,9-12H2,1-3H3/t14-,16+/m1/s1. The Hall–Kier alpha value is -1.70. The average Bonchev–Trinajstić information content (AvgIpc) is 3.27. The van der Waals surface area contributed by atoms with Crippen LogP contribution in [0.1, 0.15) is 17.3 Å². The lowest BCUT2D eigenvalue weighted by atomic mass is 10.0. The first-order valence-electron chi connectivity index (χ1n) is 8.36. The molecule has 0 amide bonds. The molecule has 1 aliphatic heterocycles. The molecule has 7 nitrogen and oxygen atoms in total. The van der Waals surface area contributed by atoms with Crippen LogP contribution < -0.4 is 0 Å². The number of aryl methyl sites for hydroxylation is 1. The molecule has 0 aromatic carbocycles. The van der Waals surface area contributed by atoms with Crippen LogP contribution in [0.15, 0.2) is 23.0 Å². The van der Waals surface area contributed by atoms with Crippen molar-refractivity contribution < 1.29 is 14.0 Å². The monoisotopic (exact) mass is 334 g/mol. The number of hydrogen-bond donors (Lipinski definition) is 0. The number of aromatic nitrogens is 3. The van der Waals surface area contributed by atoms with Crippen molar-refractivity contribution in [3.63, 3.8) is 0 Å². The zero-order valence-electron chi connectivity index (χ0n) is 14.6. The first-order valence-corrected chi connectivity index (χ1v) is 8.36. The van der Waals surface area contributed by atoms with Crippen molar-refractivity contribution in [3.8, 4) is 0 Å². The molecule has 2 aromatic heterocycles. The second-order valence-corrected chi connectivity index (χ2v) is 6.40. The third kappa shape index (κ3) is 4.03. The lowest BCUT2D eigenvalue weighted by Gasteiger charge is -2.16. The zero-order valence-corrected chi connectivity index (χ0v) is 14.6. The van der Waals surface area contributed by atoms with Crippen LogP contribution in [0.2, 0.25) is 0 Å². The van der Waals surface area contributed by atoms with Gasteiger partial charge in [-0.2, -0.15) is 0 Å². The summed E-state index contributed by atoms with van der Waals surface area (Å²) < 4.78 is 18.4. The van der Waals surface area contributed by atoms with E-state index in [1.807, 2.05) is 25.4 Å². The maximum Gasteiger partial charge on any atom is 0.137 e. The van der Waals surface area contributed by atoms with Crippen LogP contribution in [0.3, 0.4) is 0 Å². The summed E-state index contributed by atoms with van der Waals surface area (Å²) in [4.78, 5) is 6.89. The topological polar surface area (TPSA) is 65.5 Å². The molecule has 0 radical (unpaired) electrons. The van der Waals surface area contributed by atoms with Gasteiger partial charge in [-0.25, -0.2) is 4.98 Å². The highest BCUT2D eigenvalue weighted by Gasteiger charge is 2.34. The normalized spacial score (nSPS) is 21.6. The van der Waals surface area contributed by atoms with Gasteiger partial charge in [-0.3, -0.25) is 4.90 Å². The predicted molar refractivity (Wildman–Crippen MR) is 88.6 cm³/mol. The van der Waals surface area contributed by atoms with Gasteiger partial charge in [0.15, 0.2) is 0 Å². The number of rotatable bonds is 8. The van der Waals surface area contributed by atoms with Crippen LogP contribution >= 0.6 is 0 Å². The van der Waals surface area contributed by atoms with Gasteiger partial charge in [-0.1, -0.05) is 5.16 Å². The molecule has 3 heterocycles. The fraction of sp³-hybridized carbons (Fsp3) is 0.647. The first-order chi connectivity index (χ1) is 11.7. The zero-order chi connectivity index (χ0) is 16.9. The second kappa shape index (κ2) is 7.92. The van der Waals surface area contributed by atoms with Crippen LogP contribution in [0.5, 0.6) is 0 Å². The van der Waals surface area contributed by atoms with Crippen LogP contribution in [0.4, 0.5) is 0 Å². The van der Waals surface area contributed by atoms with Gasteiger partial charge in [-0.05, 0) is 6.92 Å². The molecule has 0 bridgehead atoms. The average molecular weight is 334 g/mol. The van der Waals surface area contributed by atoms with Crippen LogP contribution in [0, 0.1) is 12.8 Å². The largest absolute Gasteiger partial charge is 0.383 e. The summed E-state index contributed by atoms with van der Waals surface area (Å²) in [5.41, 5.74) is 0.925. The Bertz CT molecular complexity index is 639. The molecule has 2 aromatic rings. The first kappa shape index (κ1) is 17.1. The Balaban J connectivity index is 1.60. The Morgan fingerprint density at radius 2 is 2.21 bits per heavy atom. The van der Waals surface area contributed by atoms with Crippen molar-refractivity contribution in [3.05, 3.63) is 35.7 Å². The molecule has 0 unspecified atom stereocenters. The number of likely N-dealkylation sites (tertiary alicyclic amines) is 1. The van der Waals surface area contributed by atoms with Crippen molar-refractivity contribution in [2.24, 2.45) is 5.92 Å². The Labute approximate surface area is 142 Å². The molecular formula is C17H26N4O3. The Morgan fingerprint density at radius 1 is 1.33 bits per heavy atom. The number of nitrogens with zero attached hydrogens (tertiary/aromatic N) is 4. The maximum absolute atomic E-state index is 5.70. The predicted octanol–water partition coefficient (Wildman–Crippen LogP) is 1.52. The smallest absolute Gasteiger partial charge is 0.137 e. The quantitative estimate of drug-likeness (QED) is 0.729. The molecule has 0 N–H and O–H groups in total. The van der Waals surface area contributed by atoms with Crippen molar-refractivity contribution in [2.45, 2.75) is 32.5 Å². The van der Waals surface area contributed by atoms with Crippen LogP contribution in [-0.4, -0.2) is 59.6 Å². The number of methoxy groups -OCH3 is 2. The van der Waals surface area contributed by atoms with Gasteiger partial charge in [0, 0.05) is 64.7 Å². The highest BCUT2D eigenvalue weighted by atomic mass is 16.5. The van der Waals surface area contributed by atoms with Crippen LogP contribution in [0.25, 0.3) is 0 Å². The Kier molecular flexibility index (Phi) is 5.65. The number of ether oxygens (including phenoxy) is 2. The molecule has 1 aliphatic rings. The lowest BCUT2D eigenvalue weighted by Crippen LogP contribution is -2.24. The fourth-order valence-electron chi connectivity index (χ4n) is 3.38. The van der Waals surface area contributed by atoms with E-state index in [1.54, 1.807) is 14.2 Å². The fourth-order valence-corrected chi connectivity index (χ4v) is 3.38. The Morgan fingerprint density at radius 3 is 2.92 bits per heavy atom. The van der Waals surface area contributed by atoms with E-state index in [0.717, 1.165) is 49.9 Å². The number of hydrogen-bond acceptors (Lipinski definition) is 6. The van der Waals surface area contributed by atoms with Gasteiger partial charge in [0.2, 0.25) is 0 Å². The highest BCUT2D eigenvalue weighted by molar-refractivity contribution is 5.06. The van der Waals surface area contributed by atoms with Gasteiger partial charge in [0.25, 0.3) is 0 Å². The molecule has 1 fully saturated rings. The summed E-state index contributed by atoms with van der Waals surface area (Å²) in [5.74, 6) is 2.41. The van der Waals surface area contributed by atoms with E-state index in [0.29, 0.717) is 12.5 Å². The molecule has 24 heavy (non-hydrogen) atoms. The van der Waals surface area contributed by atoms with Crippen LogP contribution in [-0.2, 0) is 29.0 Å². The minimum absolute atomic E-state index is 0.206. The van der Waals surface area contributed by atoms with E-state index in [9.17, 15) is 0 Å². The van der Waals surface area contributed by atoms with Gasteiger partial charge >= 0.3 is 0 Å². The van der Waals surface area contributed by atoms with Crippen molar-refractivity contribution >= 4 is 0 Å². The molecule has 7 heteroatoms. The van der Waals surface area contributed by atoms with E-state index < -0.39 is 0 Å². The molecule has 132 valence electrons. The summed E-state index contributed by atoms with van der Waals surface area (Å²) in [7, 11) is 3.50. The summed E-state index contributed by atoms with van der Waals surface area (Å²) in [6.07, 6.45) is 4.92. The van der Waals surface area contributed by atoms with Crippen molar-refractivity contribution in [1.82, 2.24) is 19.6 Å². The SMILES string of the molecule is COCCn1ccnc1CN1C[C@@H](Cc2cc(C)no2)[C@@H](OC)C1. The summed E-state index contributed by atoms with van der Waals surface area (Å²) in [5, 5.41) is 3.97.